The number of non-ortho nitro benzene ring substituents is 1. The van der Waals surface area contributed by atoms with Crippen LogP contribution in [-0.2, 0) is 9.84 Å². The Morgan fingerprint density at radius 2 is 1.81 bits per heavy atom. The van der Waals surface area contributed by atoms with Crippen LogP contribution in [-0.4, -0.2) is 25.8 Å². The van der Waals surface area contributed by atoms with Crippen molar-refractivity contribution >= 4 is 27.4 Å². The van der Waals surface area contributed by atoms with Gasteiger partial charge in [-0.15, -0.1) is 0 Å². The van der Waals surface area contributed by atoms with Crippen LogP contribution in [0, 0.1) is 10.1 Å². The number of hydrogen-bond acceptors (Lipinski definition) is 5. The summed E-state index contributed by atoms with van der Waals surface area (Å²) in [5.74, 6) is 0. The van der Waals surface area contributed by atoms with E-state index in [9.17, 15) is 18.5 Å². The second kappa shape index (κ2) is 5.84. The number of nitro groups is 1. The molecule has 0 aliphatic carbocycles. The Labute approximate surface area is 121 Å². The summed E-state index contributed by atoms with van der Waals surface area (Å²) in [7, 11) is -3.22. The molecular formula is C14H12N2O4S. The SMILES string of the molecule is CS(=O)(=O)c1ccc(C=Nc2cccc([N+](=O)[O-])c2)cc1. The van der Waals surface area contributed by atoms with Crippen LogP contribution in [0.2, 0.25) is 0 Å². The molecular weight excluding hydrogens is 292 g/mol. The van der Waals surface area contributed by atoms with Crippen molar-refractivity contribution in [3.63, 3.8) is 0 Å². The van der Waals surface area contributed by atoms with Crippen molar-refractivity contribution in [1.29, 1.82) is 0 Å². The fraction of sp³-hybridized carbons (Fsp3) is 0.0714. The third-order valence-corrected chi connectivity index (χ3v) is 3.84. The zero-order valence-corrected chi connectivity index (χ0v) is 11.9. The Morgan fingerprint density at radius 3 is 2.38 bits per heavy atom. The standard InChI is InChI=1S/C14H12N2O4S/c1-21(19,20)14-7-5-11(6-8-14)10-15-12-3-2-4-13(9-12)16(17)18/h2-10H,1H3. The van der Waals surface area contributed by atoms with Gasteiger partial charge in [0.1, 0.15) is 0 Å². The highest BCUT2D eigenvalue weighted by Crippen LogP contribution is 2.19. The first-order valence-corrected chi connectivity index (χ1v) is 7.84. The molecule has 7 heteroatoms. The molecule has 0 atom stereocenters. The first kappa shape index (κ1) is 14.9. The summed E-state index contributed by atoms with van der Waals surface area (Å²) in [5, 5.41) is 10.7. The Morgan fingerprint density at radius 1 is 1.14 bits per heavy atom. The molecule has 0 bridgehead atoms. The predicted octanol–water partition coefficient (Wildman–Crippen LogP) is 2.75. The lowest BCUT2D eigenvalue weighted by atomic mass is 10.2. The van der Waals surface area contributed by atoms with Crippen LogP contribution in [0.5, 0.6) is 0 Å². The van der Waals surface area contributed by atoms with Crippen LogP contribution in [0.3, 0.4) is 0 Å². The van der Waals surface area contributed by atoms with Gasteiger partial charge in [0.25, 0.3) is 5.69 Å². The first-order chi connectivity index (χ1) is 9.86. The van der Waals surface area contributed by atoms with Gasteiger partial charge in [-0.25, -0.2) is 8.42 Å². The van der Waals surface area contributed by atoms with Crippen LogP contribution in [0.4, 0.5) is 11.4 Å². The minimum absolute atomic E-state index is 0.0305. The molecule has 21 heavy (non-hydrogen) atoms. The predicted molar refractivity (Wildman–Crippen MR) is 79.9 cm³/mol. The summed E-state index contributed by atoms with van der Waals surface area (Å²) >= 11 is 0. The molecule has 2 aromatic carbocycles. The number of hydrogen-bond donors (Lipinski definition) is 0. The molecule has 0 heterocycles. The monoisotopic (exact) mass is 304 g/mol. The lowest BCUT2D eigenvalue weighted by molar-refractivity contribution is -0.384. The number of nitro benzene ring substituents is 1. The van der Waals surface area contributed by atoms with E-state index in [0.29, 0.717) is 11.3 Å². The smallest absolute Gasteiger partial charge is 0.258 e. The van der Waals surface area contributed by atoms with Gasteiger partial charge in [-0.1, -0.05) is 18.2 Å². The van der Waals surface area contributed by atoms with Crippen molar-refractivity contribution in [1.82, 2.24) is 0 Å². The molecule has 0 aliphatic rings. The maximum absolute atomic E-state index is 11.3. The molecule has 0 amide bonds. The average Bonchev–Trinajstić information content (AvgIpc) is 2.45. The van der Waals surface area contributed by atoms with Crippen LogP contribution in [0.25, 0.3) is 0 Å². The molecule has 0 saturated heterocycles. The van der Waals surface area contributed by atoms with Crippen molar-refractivity contribution in [2.75, 3.05) is 6.26 Å². The van der Waals surface area contributed by atoms with Crippen LogP contribution in [0.1, 0.15) is 5.56 Å². The van der Waals surface area contributed by atoms with Crippen molar-refractivity contribution in [3.05, 3.63) is 64.2 Å². The molecule has 0 aromatic heterocycles. The van der Waals surface area contributed by atoms with Crippen LogP contribution in [0.15, 0.2) is 58.4 Å². The van der Waals surface area contributed by atoms with Gasteiger partial charge >= 0.3 is 0 Å². The number of benzene rings is 2. The Balaban J connectivity index is 2.22. The Bertz CT molecular complexity index is 796. The van der Waals surface area contributed by atoms with E-state index >= 15 is 0 Å². The highest BCUT2D eigenvalue weighted by Gasteiger charge is 2.06. The van der Waals surface area contributed by atoms with Crippen LogP contribution >= 0.6 is 0 Å². The molecule has 0 unspecified atom stereocenters. The van der Waals surface area contributed by atoms with E-state index in [1.165, 1.54) is 30.5 Å². The highest BCUT2D eigenvalue weighted by molar-refractivity contribution is 7.90. The molecule has 2 aromatic rings. The van der Waals surface area contributed by atoms with Gasteiger partial charge in [-0.2, -0.15) is 0 Å². The van der Waals surface area contributed by atoms with E-state index in [1.807, 2.05) is 0 Å². The molecule has 0 spiro atoms. The second-order valence-electron chi connectivity index (χ2n) is 4.38. The zero-order chi connectivity index (χ0) is 15.5. The lowest BCUT2D eigenvalue weighted by Crippen LogP contribution is -1.96. The van der Waals surface area contributed by atoms with E-state index in [1.54, 1.807) is 24.3 Å². The molecule has 108 valence electrons. The van der Waals surface area contributed by atoms with Crippen molar-refractivity contribution < 1.29 is 13.3 Å². The van der Waals surface area contributed by atoms with E-state index < -0.39 is 14.8 Å². The first-order valence-electron chi connectivity index (χ1n) is 5.95. The Hall–Kier alpha value is -2.54. The third kappa shape index (κ3) is 3.96. The normalized spacial score (nSPS) is 11.7. The third-order valence-electron chi connectivity index (χ3n) is 2.71. The Kier molecular flexibility index (Phi) is 4.13. The maximum atomic E-state index is 11.3. The fourth-order valence-corrected chi connectivity index (χ4v) is 2.27. The molecule has 6 nitrogen and oxygen atoms in total. The lowest BCUT2D eigenvalue weighted by Gasteiger charge is -1.98. The molecule has 0 aliphatic heterocycles. The molecule has 0 N–H and O–H groups in total. The summed E-state index contributed by atoms with van der Waals surface area (Å²) in [6, 6.07) is 12.2. The van der Waals surface area contributed by atoms with Gasteiger partial charge in [0.15, 0.2) is 9.84 Å². The van der Waals surface area contributed by atoms with Gasteiger partial charge < -0.3 is 0 Å². The summed E-state index contributed by atoms with van der Waals surface area (Å²) in [6.45, 7) is 0. The average molecular weight is 304 g/mol. The number of aliphatic imine (C=N–C) groups is 1. The fourth-order valence-electron chi connectivity index (χ4n) is 1.64. The summed E-state index contributed by atoms with van der Waals surface area (Å²) in [6.07, 6.45) is 2.66. The largest absolute Gasteiger partial charge is 0.271 e. The summed E-state index contributed by atoms with van der Waals surface area (Å²) in [5.41, 5.74) is 1.13. The van der Waals surface area contributed by atoms with E-state index in [-0.39, 0.29) is 10.6 Å². The second-order valence-corrected chi connectivity index (χ2v) is 6.39. The van der Waals surface area contributed by atoms with Gasteiger partial charge in [0.2, 0.25) is 0 Å². The zero-order valence-electron chi connectivity index (χ0n) is 11.1. The topological polar surface area (TPSA) is 89.6 Å². The quantitative estimate of drug-likeness (QED) is 0.493. The van der Waals surface area contributed by atoms with E-state index in [0.717, 1.165) is 6.26 Å². The van der Waals surface area contributed by atoms with Crippen molar-refractivity contribution in [3.8, 4) is 0 Å². The van der Waals surface area contributed by atoms with Crippen molar-refractivity contribution in [2.45, 2.75) is 4.90 Å². The number of rotatable bonds is 4. The minimum Gasteiger partial charge on any atom is -0.258 e. The van der Waals surface area contributed by atoms with Crippen LogP contribution < -0.4 is 0 Å². The minimum atomic E-state index is -3.22. The molecule has 0 radical (unpaired) electrons. The van der Waals surface area contributed by atoms with Gasteiger partial charge in [0.05, 0.1) is 15.5 Å². The molecule has 2 rings (SSSR count). The molecule has 0 saturated carbocycles. The summed E-state index contributed by atoms with van der Waals surface area (Å²) < 4.78 is 22.7. The summed E-state index contributed by atoms with van der Waals surface area (Å²) in [4.78, 5) is 14.5. The van der Waals surface area contributed by atoms with E-state index in [2.05, 4.69) is 4.99 Å². The van der Waals surface area contributed by atoms with Gasteiger partial charge in [0, 0.05) is 24.6 Å². The number of nitrogens with zero attached hydrogens (tertiary/aromatic N) is 2. The maximum Gasteiger partial charge on any atom is 0.271 e. The van der Waals surface area contributed by atoms with Crippen molar-refractivity contribution in [2.24, 2.45) is 4.99 Å². The van der Waals surface area contributed by atoms with Gasteiger partial charge in [-0.3, -0.25) is 15.1 Å². The van der Waals surface area contributed by atoms with E-state index in [4.69, 9.17) is 0 Å². The highest BCUT2D eigenvalue weighted by atomic mass is 32.2. The number of sulfone groups is 1. The van der Waals surface area contributed by atoms with Gasteiger partial charge in [-0.05, 0) is 23.8 Å². The molecule has 0 fully saturated rings.